The van der Waals surface area contributed by atoms with Gasteiger partial charge in [-0.1, -0.05) is 38.1 Å². The first-order valence-electron chi connectivity index (χ1n) is 10.4. The molecule has 5 heteroatoms. The van der Waals surface area contributed by atoms with E-state index in [1.165, 1.54) is 5.56 Å². The van der Waals surface area contributed by atoms with E-state index in [1.807, 2.05) is 32.9 Å². The van der Waals surface area contributed by atoms with Crippen LogP contribution in [0.1, 0.15) is 63.6 Å². The minimum atomic E-state index is -0.265. The maximum atomic E-state index is 12.2. The van der Waals surface area contributed by atoms with Gasteiger partial charge >= 0.3 is 0 Å². The number of pyridine rings is 1. The molecule has 0 spiro atoms. The highest BCUT2D eigenvalue weighted by molar-refractivity contribution is 5.94. The van der Waals surface area contributed by atoms with Crippen LogP contribution < -0.4 is 10.2 Å². The molecule has 0 aliphatic heterocycles. The zero-order chi connectivity index (χ0) is 22.4. The monoisotopic (exact) mass is 415 g/mol. The number of hydrogen-bond donors (Lipinski definition) is 1. The Morgan fingerprint density at radius 1 is 1.06 bits per heavy atom. The number of hydrogen-bond acceptors (Lipinski definition) is 4. The molecule has 0 aliphatic rings. The summed E-state index contributed by atoms with van der Waals surface area (Å²) in [7, 11) is 0. The van der Waals surface area contributed by atoms with E-state index in [9.17, 15) is 4.79 Å². The third-order valence-electron chi connectivity index (χ3n) is 5.05. The Hall–Kier alpha value is -3.47. The van der Waals surface area contributed by atoms with E-state index in [2.05, 4.69) is 53.6 Å². The Bertz CT molecular complexity index is 1060. The number of carbonyl (C=O) groups is 1. The Morgan fingerprint density at radius 2 is 1.74 bits per heavy atom. The van der Waals surface area contributed by atoms with E-state index in [0.717, 1.165) is 33.7 Å². The lowest BCUT2D eigenvalue weighted by molar-refractivity contribution is 0.0955. The predicted octanol–water partition coefficient (Wildman–Crippen LogP) is 5.47. The summed E-state index contributed by atoms with van der Waals surface area (Å²) >= 11 is 0. The number of amides is 1. The van der Waals surface area contributed by atoms with Crippen molar-refractivity contribution in [2.45, 2.75) is 47.1 Å². The first kappa shape index (κ1) is 22.2. The average Bonchev–Trinajstić information content (AvgIpc) is 2.73. The molecule has 0 saturated carbocycles. The number of benzene rings is 2. The highest BCUT2D eigenvalue weighted by Gasteiger charge is 2.08. The molecule has 1 heterocycles. The van der Waals surface area contributed by atoms with Crippen LogP contribution in [-0.4, -0.2) is 17.1 Å². The lowest BCUT2D eigenvalue weighted by Crippen LogP contribution is -2.17. The van der Waals surface area contributed by atoms with Crippen molar-refractivity contribution >= 4 is 12.1 Å². The predicted molar refractivity (Wildman–Crippen MR) is 125 cm³/mol. The summed E-state index contributed by atoms with van der Waals surface area (Å²) < 4.78 is 6.10. The van der Waals surface area contributed by atoms with E-state index < -0.39 is 0 Å². The van der Waals surface area contributed by atoms with Gasteiger partial charge in [0.1, 0.15) is 12.4 Å². The van der Waals surface area contributed by atoms with Crippen LogP contribution in [0.4, 0.5) is 0 Å². The van der Waals surface area contributed by atoms with Crippen molar-refractivity contribution < 1.29 is 9.53 Å². The zero-order valence-electron chi connectivity index (χ0n) is 18.8. The fraction of sp³-hybridized carbons (Fsp3) is 0.269. The number of carbonyl (C=O) groups excluding carboxylic acids is 1. The van der Waals surface area contributed by atoms with E-state index in [1.54, 1.807) is 24.5 Å². The minimum absolute atomic E-state index is 0.265. The highest BCUT2D eigenvalue weighted by Crippen LogP contribution is 2.25. The van der Waals surface area contributed by atoms with Crippen LogP contribution in [0.25, 0.3) is 0 Å². The summed E-state index contributed by atoms with van der Waals surface area (Å²) in [4.78, 5) is 16.3. The number of aromatic nitrogens is 1. The maximum absolute atomic E-state index is 12.2. The quantitative estimate of drug-likeness (QED) is 0.411. The Kier molecular flexibility index (Phi) is 7.19. The molecule has 3 aromatic rings. The van der Waals surface area contributed by atoms with Crippen LogP contribution in [0.5, 0.6) is 5.75 Å². The molecule has 31 heavy (non-hydrogen) atoms. The van der Waals surface area contributed by atoms with Crippen LogP contribution in [0.2, 0.25) is 0 Å². The zero-order valence-corrected chi connectivity index (χ0v) is 18.8. The van der Waals surface area contributed by atoms with Gasteiger partial charge in [-0.2, -0.15) is 5.10 Å². The highest BCUT2D eigenvalue weighted by atomic mass is 16.5. The SMILES string of the molecule is Cc1cc(C(=O)N/N=C\c2cc(C)c(OCc3ccc(C(C)C)cc3)c(C)c2)ccn1. The molecule has 0 aliphatic carbocycles. The number of aryl methyl sites for hydroxylation is 3. The van der Waals surface area contributed by atoms with Gasteiger partial charge in [-0.25, -0.2) is 5.43 Å². The van der Waals surface area contributed by atoms with Crippen molar-refractivity contribution in [2.75, 3.05) is 0 Å². The molecule has 160 valence electrons. The van der Waals surface area contributed by atoms with Gasteiger partial charge in [-0.05, 0) is 78.8 Å². The summed E-state index contributed by atoms with van der Waals surface area (Å²) in [5.74, 6) is 1.13. The normalized spacial score (nSPS) is 11.2. The second-order valence-electron chi connectivity index (χ2n) is 8.05. The lowest BCUT2D eigenvalue weighted by atomic mass is 10.0. The largest absolute Gasteiger partial charge is 0.488 e. The van der Waals surface area contributed by atoms with E-state index in [4.69, 9.17) is 4.74 Å². The molecule has 0 unspecified atom stereocenters. The molecule has 0 atom stereocenters. The van der Waals surface area contributed by atoms with Crippen molar-refractivity contribution in [2.24, 2.45) is 5.10 Å². The molecule has 1 aromatic heterocycles. The molecule has 5 nitrogen and oxygen atoms in total. The van der Waals surface area contributed by atoms with Gasteiger partial charge in [0.25, 0.3) is 5.91 Å². The van der Waals surface area contributed by atoms with E-state index in [0.29, 0.717) is 18.1 Å². The van der Waals surface area contributed by atoms with Crippen LogP contribution in [0, 0.1) is 20.8 Å². The molecule has 3 rings (SSSR count). The van der Waals surface area contributed by atoms with Crippen molar-refractivity contribution in [3.05, 3.63) is 93.8 Å². The smallest absolute Gasteiger partial charge is 0.271 e. The summed E-state index contributed by atoms with van der Waals surface area (Å²) in [5.41, 5.74) is 9.29. The fourth-order valence-corrected chi connectivity index (χ4v) is 3.36. The first-order chi connectivity index (χ1) is 14.8. The number of ether oxygens (including phenoxy) is 1. The van der Waals surface area contributed by atoms with E-state index >= 15 is 0 Å². The second kappa shape index (κ2) is 10.0. The molecule has 0 radical (unpaired) electrons. The Morgan fingerprint density at radius 3 is 2.35 bits per heavy atom. The van der Waals surface area contributed by atoms with E-state index in [-0.39, 0.29) is 5.91 Å². The summed E-state index contributed by atoms with van der Waals surface area (Å²) in [6, 6.07) is 15.9. The van der Waals surface area contributed by atoms with Gasteiger partial charge in [0.2, 0.25) is 0 Å². The average molecular weight is 416 g/mol. The van der Waals surface area contributed by atoms with Gasteiger partial charge in [-0.3, -0.25) is 9.78 Å². The van der Waals surface area contributed by atoms with Crippen molar-refractivity contribution in [1.29, 1.82) is 0 Å². The molecule has 0 fully saturated rings. The molecule has 0 bridgehead atoms. The van der Waals surface area contributed by atoms with Crippen LogP contribution in [-0.2, 0) is 6.61 Å². The lowest BCUT2D eigenvalue weighted by Gasteiger charge is -2.14. The van der Waals surface area contributed by atoms with Crippen molar-refractivity contribution in [1.82, 2.24) is 10.4 Å². The van der Waals surface area contributed by atoms with Crippen LogP contribution in [0.3, 0.4) is 0 Å². The standard InChI is InChI=1S/C26H29N3O2/c1-17(2)23-8-6-21(7-9-23)16-31-25-18(3)12-22(13-19(25)4)15-28-29-26(30)24-10-11-27-20(5)14-24/h6-15,17H,16H2,1-5H3,(H,29,30)/b28-15-. The van der Waals surface area contributed by atoms with Gasteiger partial charge in [-0.15, -0.1) is 0 Å². The minimum Gasteiger partial charge on any atom is -0.488 e. The van der Waals surface area contributed by atoms with Crippen molar-refractivity contribution in [3.8, 4) is 5.75 Å². The molecular weight excluding hydrogens is 386 g/mol. The Labute approximate surface area is 184 Å². The van der Waals surface area contributed by atoms with Crippen LogP contribution >= 0.6 is 0 Å². The number of rotatable bonds is 7. The third-order valence-corrected chi connectivity index (χ3v) is 5.05. The van der Waals surface area contributed by atoms with Gasteiger partial charge in [0.15, 0.2) is 0 Å². The van der Waals surface area contributed by atoms with Gasteiger partial charge in [0, 0.05) is 17.5 Å². The Balaban J connectivity index is 1.63. The molecule has 2 aromatic carbocycles. The summed E-state index contributed by atoms with van der Waals surface area (Å²) in [6.45, 7) is 10.8. The van der Waals surface area contributed by atoms with Gasteiger partial charge in [0.05, 0.1) is 6.21 Å². The van der Waals surface area contributed by atoms with Crippen molar-refractivity contribution in [3.63, 3.8) is 0 Å². The maximum Gasteiger partial charge on any atom is 0.271 e. The molecular formula is C26H29N3O2. The number of hydrazone groups is 1. The summed E-state index contributed by atoms with van der Waals surface area (Å²) in [5, 5.41) is 4.09. The first-order valence-corrected chi connectivity index (χ1v) is 10.4. The topological polar surface area (TPSA) is 63.6 Å². The third kappa shape index (κ3) is 6.01. The fourth-order valence-electron chi connectivity index (χ4n) is 3.36. The second-order valence-corrected chi connectivity index (χ2v) is 8.05. The molecule has 1 amide bonds. The number of nitrogens with one attached hydrogen (secondary N) is 1. The van der Waals surface area contributed by atoms with Crippen LogP contribution in [0.15, 0.2) is 59.8 Å². The van der Waals surface area contributed by atoms with Gasteiger partial charge < -0.3 is 4.74 Å². The molecule has 0 saturated heterocycles. The molecule has 1 N–H and O–H groups in total. The summed E-state index contributed by atoms with van der Waals surface area (Å²) in [6.07, 6.45) is 3.25. The number of nitrogens with zero attached hydrogens (tertiary/aromatic N) is 2.